The summed E-state index contributed by atoms with van der Waals surface area (Å²) in [6, 6.07) is 6.11. The van der Waals surface area contributed by atoms with Crippen LogP contribution in [0.3, 0.4) is 0 Å². The first-order valence-corrected chi connectivity index (χ1v) is 14.8. The van der Waals surface area contributed by atoms with Crippen LogP contribution in [0, 0.1) is 0 Å². The van der Waals surface area contributed by atoms with E-state index in [-0.39, 0.29) is 31.3 Å². The Morgan fingerprint density at radius 3 is 2.27 bits per heavy atom. The van der Waals surface area contributed by atoms with Gasteiger partial charge in [-0.1, -0.05) is 62.1 Å². The lowest BCUT2D eigenvalue weighted by molar-refractivity contribution is -0.134. The Bertz CT molecular complexity index is 979. The van der Waals surface area contributed by atoms with Gasteiger partial charge >= 0.3 is 0 Å². The van der Waals surface area contributed by atoms with Crippen molar-refractivity contribution in [1.82, 2.24) is 10.2 Å². The van der Waals surface area contributed by atoms with E-state index in [4.69, 9.17) is 17.2 Å². The third-order valence-electron chi connectivity index (χ3n) is 7.35. The van der Waals surface area contributed by atoms with Crippen LogP contribution in [0.15, 0.2) is 48.1 Å². The number of nitrogens with one attached hydrogen (secondary N) is 2. The standard InChI is InChI=1S/C31H50N6O3/c1-3-4-6-9-23(2)12-17-28(36-30(39)27(34)22-29(38)37(20-18-32)21-19-33)31(40)35-26-15-13-25(14-16-26)24-10-7-5-8-11-24/h4,6,9,13-16,24,27-28H,3,5,7-8,10-12,17-22,32-34H2,1-2H3,(H,35,40)(H,36,39). The zero-order valence-corrected chi connectivity index (χ0v) is 24.4. The summed E-state index contributed by atoms with van der Waals surface area (Å²) in [5.74, 6) is -0.577. The van der Waals surface area contributed by atoms with E-state index in [1.165, 1.54) is 42.6 Å². The molecule has 2 atom stereocenters. The van der Waals surface area contributed by atoms with Crippen molar-refractivity contribution >= 4 is 23.4 Å². The molecule has 1 aliphatic rings. The third kappa shape index (κ3) is 11.6. The van der Waals surface area contributed by atoms with Gasteiger partial charge in [0.15, 0.2) is 0 Å². The summed E-state index contributed by atoms with van der Waals surface area (Å²) in [4.78, 5) is 40.5. The van der Waals surface area contributed by atoms with Gasteiger partial charge in [0.25, 0.3) is 0 Å². The maximum Gasteiger partial charge on any atom is 0.246 e. The monoisotopic (exact) mass is 554 g/mol. The van der Waals surface area contributed by atoms with E-state index >= 15 is 0 Å². The van der Waals surface area contributed by atoms with Crippen LogP contribution in [-0.2, 0) is 14.4 Å². The smallest absolute Gasteiger partial charge is 0.246 e. The second-order valence-electron chi connectivity index (χ2n) is 10.7. The summed E-state index contributed by atoms with van der Waals surface area (Å²) < 4.78 is 0. The number of anilines is 1. The van der Waals surface area contributed by atoms with E-state index in [0.717, 1.165) is 12.0 Å². The van der Waals surface area contributed by atoms with Crippen molar-refractivity contribution in [1.29, 1.82) is 0 Å². The van der Waals surface area contributed by atoms with Gasteiger partial charge in [0.05, 0.1) is 12.5 Å². The minimum absolute atomic E-state index is 0.191. The first kappa shape index (κ1) is 33.2. The molecule has 40 heavy (non-hydrogen) atoms. The molecule has 0 aliphatic heterocycles. The maximum absolute atomic E-state index is 13.3. The molecule has 0 saturated heterocycles. The number of allylic oxidation sites excluding steroid dienone is 4. The molecule has 1 saturated carbocycles. The van der Waals surface area contributed by atoms with Crippen LogP contribution in [0.2, 0.25) is 0 Å². The molecule has 9 nitrogen and oxygen atoms in total. The van der Waals surface area contributed by atoms with Crippen LogP contribution in [0.5, 0.6) is 0 Å². The Kier molecular flexibility index (Phi) is 15.2. The maximum atomic E-state index is 13.3. The molecule has 0 bridgehead atoms. The number of hydrogen-bond acceptors (Lipinski definition) is 6. The van der Waals surface area contributed by atoms with Gasteiger partial charge in [0.2, 0.25) is 17.7 Å². The highest BCUT2D eigenvalue weighted by Crippen LogP contribution is 2.33. The second-order valence-corrected chi connectivity index (χ2v) is 10.7. The topological polar surface area (TPSA) is 157 Å². The zero-order chi connectivity index (χ0) is 29.3. The van der Waals surface area contributed by atoms with Crippen LogP contribution >= 0.6 is 0 Å². The van der Waals surface area contributed by atoms with Crippen LogP contribution in [0.4, 0.5) is 5.69 Å². The van der Waals surface area contributed by atoms with E-state index in [9.17, 15) is 14.4 Å². The van der Waals surface area contributed by atoms with Crippen molar-refractivity contribution in [2.75, 3.05) is 31.5 Å². The third-order valence-corrected chi connectivity index (χ3v) is 7.35. The highest BCUT2D eigenvalue weighted by Gasteiger charge is 2.26. The molecule has 222 valence electrons. The van der Waals surface area contributed by atoms with Gasteiger partial charge in [-0.2, -0.15) is 0 Å². The SMILES string of the molecule is CCC=CC=C(C)CCC(NC(=O)C(N)CC(=O)N(CCN)CCN)C(=O)Nc1ccc(C2CCCCC2)cc1. The number of amides is 3. The van der Waals surface area contributed by atoms with Gasteiger partial charge in [-0.05, 0) is 62.6 Å². The second kappa shape index (κ2) is 18.4. The average molecular weight is 555 g/mol. The largest absolute Gasteiger partial charge is 0.343 e. The number of nitrogens with two attached hydrogens (primary N) is 3. The van der Waals surface area contributed by atoms with Gasteiger partial charge in [0.1, 0.15) is 6.04 Å². The Hall–Kier alpha value is -3.01. The van der Waals surface area contributed by atoms with Crippen molar-refractivity contribution in [3.8, 4) is 0 Å². The van der Waals surface area contributed by atoms with E-state index in [0.29, 0.717) is 37.5 Å². The molecule has 0 radical (unpaired) electrons. The summed E-state index contributed by atoms with van der Waals surface area (Å²) in [5, 5.41) is 5.74. The highest BCUT2D eigenvalue weighted by atomic mass is 16.2. The molecule has 3 amide bonds. The van der Waals surface area contributed by atoms with E-state index < -0.39 is 18.0 Å². The fraction of sp³-hybridized carbons (Fsp3) is 0.581. The minimum Gasteiger partial charge on any atom is -0.343 e. The molecular formula is C31H50N6O3. The lowest BCUT2D eigenvalue weighted by atomic mass is 9.84. The number of carbonyl (C=O) groups excluding carboxylic acids is 3. The molecule has 1 fully saturated rings. The van der Waals surface area contributed by atoms with Crippen molar-refractivity contribution in [3.05, 3.63) is 53.6 Å². The van der Waals surface area contributed by atoms with Crippen LogP contribution in [0.25, 0.3) is 0 Å². The van der Waals surface area contributed by atoms with Crippen molar-refractivity contribution in [2.24, 2.45) is 17.2 Å². The van der Waals surface area contributed by atoms with Crippen molar-refractivity contribution < 1.29 is 14.4 Å². The number of nitrogens with zero attached hydrogens (tertiary/aromatic N) is 1. The Morgan fingerprint density at radius 1 is 1.02 bits per heavy atom. The fourth-order valence-corrected chi connectivity index (χ4v) is 4.96. The molecule has 0 spiro atoms. The first-order chi connectivity index (χ1) is 19.3. The molecule has 1 aromatic rings. The van der Waals surface area contributed by atoms with E-state index in [2.05, 4.69) is 35.8 Å². The Labute approximate surface area is 240 Å². The predicted molar refractivity (Wildman–Crippen MR) is 163 cm³/mol. The van der Waals surface area contributed by atoms with Crippen molar-refractivity contribution in [3.63, 3.8) is 0 Å². The number of hydrogen-bond donors (Lipinski definition) is 5. The summed E-state index contributed by atoms with van der Waals surface area (Å²) in [7, 11) is 0. The number of rotatable bonds is 16. The van der Waals surface area contributed by atoms with Gasteiger partial charge in [0, 0.05) is 31.9 Å². The van der Waals surface area contributed by atoms with Crippen LogP contribution in [0.1, 0.15) is 83.1 Å². The quantitative estimate of drug-likeness (QED) is 0.197. The normalized spacial score (nSPS) is 16.0. The van der Waals surface area contributed by atoms with Crippen LogP contribution in [-0.4, -0.2) is 60.9 Å². The summed E-state index contributed by atoms with van der Waals surface area (Å²) in [5.41, 5.74) is 20.4. The molecule has 8 N–H and O–H groups in total. The minimum atomic E-state index is -1.10. The fourth-order valence-electron chi connectivity index (χ4n) is 4.96. The van der Waals surface area contributed by atoms with Gasteiger partial charge in [-0.25, -0.2) is 0 Å². The Morgan fingerprint density at radius 2 is 1.68 bits per heavy atom. The lowest BCUT2D eigenvalue weighted by Crippen LogP contribution is -2.51. The first-order valence-electron chi connectivity index (χ1n) is 14.8. The zero-order valence-electron chi connectivity index (χ0n) is 24.4. The van der Waals surface area contributed by atoms with Crippen molar-refractivity contribution in [2.45, 2.75) is 89.6 Å². The van der Waals surface area contributed by atoms with E-state index in [1.807, 2.05) is 31.2 Å². The number of benzene rings is 1. The molecular weight excluding hydrogens is 504 g/mol. The Balaban J connectivity index is 2.08. The molecule has 9 heteroatoms. The highest BCUT2D eigenvalue weighted by molar-refractivity contribution is 5.98. The summed E-state index contributed by atoms with van der Waals surface area (Å²) in [6.45, 7) is 5.32. The van der Waals surface area contributed by atoms with E-state index in [1.54, 1.807) is 0 Å². The van der Waals surface area contributed by atoms with Gasteiger partial charge in [-0.3, -0.25) is 14.4 Å². The lowest BCUT2D eigenvalue weighted by Gasteiger charge is -2.24. The van der Waals surface area contributed by atoms with Gasteiger partial charge < -0.3 is 32.7 Å². The molecule has 2 unspecified atom stereocenters. The molecule has 1 aliphatic carbocycles. The number of carbonyl (C=O) groups is 3. The molecule has 0 heterocycles. The molecule has 1 aromatic carbocycles. The van der Waals surface area contributed by atoms with Gasteiger partial charge in [-0.15, -0.1) is 0 Å². The molecule has 0 aromatic heterocycles. The predicted octanol–water partition coefficient (Wildman–Crippen LogP) is 3.31. The molecule has 2 rings (SSSR count). The summed E-state index contributed by atoms with van der Waals surface area (Å²) >= 11 is 0. The average Bonchev–Trinajstić information content (AvgIpc) is 2.95. The summed E-state index contributed by atoms with van der Waals surface area (Å²) in [6.07, 6.45) is 14.1. The van der Waals surface area contributed by atoms with Crippen LogP contribution < -0.4 is 27.8 Å².